The Hall–Kier alpha value is -1.26. The summed E-state index contributed by atoms with van der Waals surface area (Å²) in [6, 6.07) is 0. The lowest BCUT2D eigenvalue weighted by Crippen LogP contribution is -2.37. The molecular weight excluding hydrogens is 246 g/mol. The van der Waals surface area contributed by atoms with E-state index in [2.05, 4.69) is 5.32 Å². The van der Waals surface area contributed by atoms with Crippen molar-refractivity contribution in [3.05, 3.63) is 0 Å². The summed E-state index contributed by atoms with van der Waals surface area (Å²) in [7, 11) is 0. The van der Waals surface area contributed by atoms with E-state index < -0.39 is 17.7 Å². The highest BCUT2D eigenvalue weighted by molar-refractivity contribution is 5.69. The third kappa shape index (κ3) is 6.45. The first-order valence-electron chi connectivity index (χ1n) is 6.96. The van der Waals surface area contributed by atoms with Crippen molar-refractivity contribution in [2.24, 2.45) is 11.8 Å². The number of rotatable bonds is 5. The van der Waals surface area contributed by atoms with Gasteiger partial charge in [0.2, 0.25) is 0 Å². The number of nitrogens with one attached hydrogen (secondary N) is 1. The van der Waals surface area contributed by atoms with Crippen LogP contribution in [0.4, 0.5) is 4.79 Å². The van der Waals surface area contributed by atoms with Gasteiger partial charge in [0.15, 0.2) is 0 Å². The molecular formula is C14H25NO4. The maximum atomic E-state index is 11.6. The summed E-state index contributed by atoms with van der Waals surface area (Å²) in [4.78, 5) is 22.5. The summed E-state index contributed by atoms with van der Waals surface area (Å²) < 4.78 is 5.16. The lowest BCUT2D eigenvalue weighted by atomic mass is 9.88. The third-order valence-electron chi connectivity index (χ3n) is 3.41. The summed E-state index contributed by atoms with van der Waals surface area (Å²) in [6.45, 7) is 5.79. The molecule has 0 heterocycles. The molecule has 0 unspecified atom stereocenters. The number of hydrogen-bond acceptors (Lipinski definition) is 3. The molecule has 0 aromatic heterocycles. The molecule has 110 valence electrons. The first kappa shape index (κ1) is 15.8. The van der Waals surface area contributed by atoms with E-state index in [4.69, 9.17) is 9.84 Å². The van der Waals surface area contributed by atoms with Crippen LogP contribution in [-0.2, 0) is 9.53 Å². The number of amides is 1. The highest BCUT2D eigenvalue weighted by Gasteiger charge is 2.27. The molecule has 2 N–H and O–H groups in total. The van der Waals surface area contributed by atoms with Gasteiger partial charge in [-0.05, 0) is 32.6 Å². The average molecular weight is 271 g/mol. The Labute approximate surface area is 114 Å². The van der Waals surface area contributed by atoms with Gasteiger partial charge in [-0.2, -0.15) is 0 Å². The second-order valence-electron chi connectivity index (χ2n) is 6.29. The summed E-state index contributed by atoms with van der Waals surface area (Å²) in [5.41, 5.74) is -0.528. The normalized spacial score (nSPS) is 18.1. The van der Waals surface area contributed by atoms with E-state index in [0.29, 0.717) is 12.5 Å². The topological polar surface area (TPSA) is 75.6 Å². The minimum atomic E-state index is -0.803. The Kier molecular flexibility index (Phi) is 5.63. The van der Waals surface area contributed by atoms with Crippen molar-refractivity contribution in [1.82, 2.24) is 5.32 Å². The van der Waals surface area contributed by atoms with E-state index in [-0.39, 0.29) is 12.3 Å². The van der Waals surface area contributed by atoms with Gasteiger partial charge in [-0.25, -0.2) is 4.79 Å². The van der Waals surface area contributed by atoms with E-state index >= 15 is 0 Å². The standard InChI is InChI=1S/C14H25NO4/c1-14(2,3)19-13(18)15-9-11(8-12(16)17)10-6-4-5-7-10/h10-11H,4-9H2,1-3H3,(H,15,18)(H,16,17)/t11-/m0/s1. The van der Waals surface area contributed by atoms with Gasteiger partial charge in [-0.1, -0.05) is 25.7 Å². The molecule has 1 aliphatic rings. The molecule has 0 radical (unpaired) electrons. The van der Waals surface area contributed by atoms with Crippen molar-refractivity contribution in [1.29, 1.82) is 0 Å². The molecule has 0 aliphatic heterocycles. The van der Waals surface area contributed by atoms with Crippen LogP contribution in [0.25, 0.3) is 0 Å². The Morgan fingerprint density at radius 2 is 1.89 bits per heavy atom. The SMILES string of the molecule is CC(C)(C)OC(=O)NC[C@H](CC(=O)O)C1CCCC1. The molecule has 1 fully saturated rings. The van der Waals surface area contributed by atoms with Crippen LogP contribution in [0, 0.1) is 11.8 Å². The molecule has 5 heteroatoms. The zero-order valence-corrected chi connectivity index (χ0v) is 12.1. The van der Waals surface area contributed by atoms with Gasteiger partial charge in [-0.15, -0.1) is 0 Å². The molecule has 0 spiro atoms. The summed E-state index contributed by atoms with van der Waals surface area (Å²) in [5, 5.41) is 11.6. The van der Waals surface area contributed by atoms with Crippen LogP contribution in [0.1, 0.15) is 52.9 Å². The lowest BCUT2D eigenvalue weighted by Gasteiger charge is -2.24. The fourth-order valence-corrected chi connectivity index (χ4v) is 2.59. The van der Waals surface area contributed by atoms with E-state index in [9.17, 15) is 9.59 Å². The molecule has 0 aromatic carbocycles. The van der Waals surface area contributed by atoms with Gasteiger partial charge in [-0.3, -0.25) is 4.79 Å². The first-order valence-corrected chi connectivity index (χ1v) is 6.96. The fourth-order valence-electron chi connectivity index (χ4n) is 2.59. The van der Waals surface area contributed by atoms with Crippen LogP contribution in [0.5, 0.6) is 0 Å². The largest absolute Gasteiger partial charge is 0.481 e. The second kappa shape index (κ2) is 6.78. The second-order valence-corrected chi connectivity index (χ2v) is 6.29. The molecule has 1 atom stereocenters. The fraction of sp³-hybridized carbons (Fsp3) is 0.857. The number of ether oxygens (including phenoxy) is 1. The van der Waals surface area contributed by atoms with Crippen LogP contribution in [0.15, 0.2) is 0 Å². The van der Waals surface area contributed by atoms with Gasteiger partial charge in [0.25, 0.3) is 0 Å². The summed E-state index contributed by atoms with van der Waals surface area (Å²) >= 11 is 0. The maximum Gasteiger partial charge on any atom is 0.407 e. The van der Waals surface area contributed by atoms with Crippen molar-refractivity contribution in [2.75, 3.05) is 6.54 Å². The van der Waals surface area contributed by atoms with Gasteiger partial charge in [0.1, 0.15) is 5.60 Å². The van der Waals surface area contributed by atoms with Crippen molar-refractivity contribution >= 4 is 12.1 Å². The number of aliphatic carboxylic acids is 1. The van der Waals surface area contributed by atoms with Crippen LogP contribution in [0.3, 0.4) is 0 Å². The molecule has 5 nitrogen and oxygen atoms in total. The summed E-state index contributed by atoms with van der Waals surface area (Å²) in [6.07, 6.45) is 4.09. The van der Waals surface area contributed by atoms with Crippen molar-refractivity contribution in [3.8, 4) is 0 Å². The Morgan fingerprint density at radius 1 is 1.32 bits per heavy atom. The molecule has 1 rings (SSSR count). The molecule has 1 amide bonds. The minimum absolute atomic E-state index is 0.00696. The van der Waals surface area contributed by atoms with E-state index in [1.807, 2.05) is 0 Å². The molecule has 1 saturated carbocycles. The monoisotopic (exact) mass is 271 g/mol. The number of hydrogen-bond donors (Lipinski definition) is 2. The number of carbonyl (C=O) groups is 2. The molecule has 0 saturated heterocycles. The van der Waals surface area contributed by atoms with Crippen molar-refractivity contribution < 1.29 is 19.4 Å². The van der Waals surface area contributed by atoms with Gasteiger partial charge in [0, 0.05) is 6.54 Å². The molecule has 0 bridgehead atoms. The number of carbonyl (C=O) groups excluding carboxylic acids is 1. The highest BCUT2D eigenvalue weighted by Crippen LogP contribution is 2.32. The van der Waals surface area contributed by atoms with Crippen LogP contribution in [0.2, 0.25) is 0 Å². The van der Waals surface area contributed by atoms with Crippen LogP contribution in [-0.4, -0.2) is 29.3 Å². The predicted octanol–water partition coefficient (Wildman–Crippen LogP) is 2.79. The average Bonchev–Trinajstić information content (AvgIpc) is 2.74. The molecule has 1 aliphatic carbocycles. The van der Waals surface area contributed by atoms with E-state index in [1.165, 1.54) is 0 Å². The van der Waals surface area contributed by atoms with Crippen molar-refractivity contribution in [2.45, 2.75) is 58.5 Å². The van der Waals surface area contributed by atoms with Gasteiger partial charge < -0.3 is 15.2 Å². The Balaban J connectivity index is 2.44. The maximum absolute atomic E-state index is 11.6. The van der Waals surface area contributed by atoms with Gasteiger partial charge >= 0.3 is 12.1 Å². The van der Waals surface area contributed by atoms with Gasteiger partial charge in [0.05, 0.1) is 6.42 Å². The Bertz CT molecular complexity index is 316. The quantitative estimate of drug-likeness (QED) is 0.806. The van der Waals surface area contributed by atoms with E-state index in [0.717, 1.165) is 25.7 Å². The zero-order chi connectivity index (χ0) is 14.5. The van der Waals surface area contributed by atoms with Crippen LogP contribution < -0.4 is 5.32 Å². The predicted molar refractivity (Wildman–Crippen MR) is 71.9 cm³/mol. The number of alkyl carbamates (subject to hydrolysis) is 1. The highest BCUT2D eigenvalue weighted by atomic mass is 16.6. The zero-order valence-electron chi connectivity index (χ0n) is 12.1. The molecule has 0 aromatic rings. The number of carboxylic acids is 1. The van der Waals surface area contributed by atoms with Crippen LogP contribution >= 0.6 is 0 Å². The smallest absolute Gasteiger partial charge is 0.407 e. The summed E-state index contributed by atoms with van der Waals surface area (Å²) in [5.74, 6) is -0.388. The van der Waals surface area contributed by atoms with E-state index in [1.54, 1.807) is 20.8 Å². The van der Waals surface area contributed by atoms with Crippen molar-refractivity contribution in [3.63, 3.8) is 0 Å². The number of carboxylic acid groups (broad SMARTS) is 1. The Morgan fingerprint density at radius 3 is 2.37 bits per heavy atom. The lowest BCUT2D eigenvalue weighted by molar-refractivity contribution is -0.138. The first-order chi connectivity index (χ1) is 8.78. The third-order valence-corrected chi connectivity index (χ3v) is 3.41. The minimum Gasteiger partial charge on any atom is -0.481 e. The molecule has 19 heavy (non-hydrogen) atoms.